The lowest BCUT2D eigenvalue weighted by atomic mass is 9.95. The van der Waals surface area contributed by atoms with Crippen molar-refractivity contribution in [2.24, 2.45) is 7.05 Å². The van der Waals surface area contributed by atoms with E-state index in [2.05, 4.69) is 10.4 Å². The number of nitrogens with one attached hydrogen (secondary N) is 1. The number of aromatic nitrogens is 2. The van der Waals surface area contributed by atoms with Crippen LogP contribution in [0.4, 0.5) is 17.2 Å². The number of nitrogen functional groups attached to an aromatic ring is 1. The number of halogens is 1. The van der Waals surface area contributed by atoms with Crippen LogP contribution in [-0.2, 0) is 16.6 Å². The smallest absolute Gasteiger partial charge is 0.251 e. The van der Waals surface area contributed by atoms with E-state index in [1.165, 1.54) is 13.0 Å². The molecule has 2 heterocycles. The zero-order valence-electron chi connectivity index (χ0n) is 16.7. The Bertz CT molecular complexity index is 1180. The maximum absolute atomic E-state index is 13.0. The maximum atomic E-state index is 13.0. The highest BCUT2D eigenvalue weighted by Crippen LogP contribution is 2.44. The summed E-state index contributed by atoms with van der Waals surface area (Å²) in [6.45, 7) is 1.92. The van der Waals surface area contributed by atoms with Gasteiger partial charge in [-0.1, -0.05) is 24.3 Å². The van der Waals surface area contributed by atoms with Crippen molar-refractivity contribution >= 4 is 57.5 Å². The molecule has 154 valence electrons. The quantitative estimate of drug-likeness (QED) is 0.381. The summed E-state index contributed by atoms with van der Waals surface area (Å²) in [5.41, 5.74) is 9.46. The van der Waals surface area contributed by atoms with Gasteiger partial charge in [-0.05, 0) is 23.1 Å². The Morgan fingerprint density at radius 2 is 2.03 bits per heavy atom. The molecule has 1 aromatic heterocycles. The minimum absolute atomic E-state index is 0.0348. The molecule has 1 unspecified atom stereocenters. The molecule has 1 aliphatic heterocycles. The van der Waals surface area contributed by atoms with E-state index in [1.807, 2.05) is 30.3 Å². The molecule has 2 aromatic carbocycles. The molecule has 8 heteroatoms. The molecule has 0 aliphatic carbocycles. The summed E-state index contributed by atoms with van der Waals surface area (Å²) in [6.07, 6.45) is 3.18. The van der Waals surface area contributed by atoms with Crippen LogP contribution in [0.2, 0.25) is 0 Å². The van der Waals surface area contributed by atoms with E-state index in [0.717, 1.165) is 22.0 Å². The molecule has 3 N–H and O–H groups in total. The second kappa shape index (κ2) is 7.84. The predicted molar refractivity (Wildman–Crippen MR) is 121 cm³/mol. The summed E-state index contributed by atoms with van der Waals surface area (Å²) in [6, 6.07) is 11.5. The summed E-state index contributed by atoms with van der Waals surface area (Å²) in [7, 11) is 1.75. The molecule has 0 spiro atoms. The molecule has 0 bridgehead atoms. The second-order valence-electron chi connectivity index (χ2n) is 7.34. The van der Waals surface area contributed by atoms with Crippen LogP contribution in [0.5, 0.6) is 0 Å². The van der Waals surface area contributed by atoms with Crippen LogP contribution >= 0.6 is 11.6 Å². The number of alkyl halides is 1. The van der Waals surface area contributed by atoms with Gasteiger partial charge in [0, 0.05) is 55.5 Å². The molecule has 7 nitrogen and oxygen atoms in total. The number of carbonyl (C=O) groups is 2. The Labute approximate surface area is 179 Å². The lowest BCUT2D eigenvalue weighted by molar-refractivity contribution is -0.115. The summed E-state index contributed by atoms with van der Waals surface area (Å²) < 4.78 is 1.60. The summed E-state index contributed by atoms with van der Waals surface area (Å²) in [5.74, 6) is 0.514. The van der Waals surface area contributed by atoms with Crippen LogP contribution in [0.25, 0.3) is 16.8 Å². The fourth-order valence-electron chi connectivity index (χ4n) is 3.93. The molecule has 0 fully saturated rings. The van der Waals surface area contributed by atoms with E-state index in [9.17, 15) is 9.59 Å². The van der Waals surface area contributed by atoms with Gasteiger partial charge in [0.1, 0.15) is 0 Å². The maximum Gasteiger partial charge on any atom is 0.251 e. The Morgan fingerprint density at radius 3 is 2.73 bits per heavy atom. The molecule has 0 saturated carbocycles. The predicted octanol–water partition coefficient (Wildman–Crippen LogP) is 3.50. The second-order valence-corrected chi connectivity index (χ2v) is 7.65. The largest absolute Gasteiger partial charge is 0.398 e. The van der Waals surface area contributed by atoms with Crippen LogP contribution in [0, 0.1) is 0 Å². The van der Waals surface area contributed by atoms with Gasteiger partial charge in [-0.25, -0.2) is 0 Å². The van der Waals surface area contributed by atoms with Crippen LogP contribution < -0.4 is 16.0 Å². The van der Waals surface area contributed by atoms with E-state index in [4.69, 9.17) is 17.3 Å². The SMILES string of the molecule is CC(=O)Nc1cc(C=CC(=O)N2CC(CCl)c3c2cc(N)c2ccccc32)n(C)n1. The van der Waals surface area contributed by atoms with Crippen molar-refractivity contribution in [2.75, 3.05) is 28.4 Å². The summed E-state index contributed by atoms with van der Waals surface area (Å²) in [5, 5.41) is 8.84. The number of aryl methyl sites for hydroxylation is 1. The Hall–Kier alpha value is -3.32. The number of amides is 2. The topological polar surface area (TPSA) is 93.3 Å². The third-order valence-corrected chi connectivity index (χ3v) is 5.64. The van der Waals surface area contributed by atoms with Crippen molar-refractivity contribution in [3.05, 3.63) is 53.7 Å². The Morgan fingerprint density at radius 1 is 1.30 bits per heavy atom. The monoisotopic (exact) mass is 423 g/mol. The number of fused-ring (bicyclic) bond motifs is 3. The average Bonchev–Trinajstić information content (AvgIpc) is 3.25. The molecular formula is C22H22ClN5O2. The van der Waals surface area contributed by atoms with Gasteiger partial charge in [0.25, 0.3) is 5.91 Å². The van der Waals surface area contributed by atoms with Gasteiger partial charge in [-0.3, -0.25) is 14.3 Å². The van der Waals surface area contributed by atoms with Gasteiger partial charge < -0.3 is 16.0 Å². The number of benzene rings is 2. The molecule has 3 aromatic rings. The normalized spacial score (nSPS) is 15.7. The molecule has 2 amide bonds. The zero-order chi connectivity index (χ0) is 21.4. The molecule has 1 aliphatic rings. The molecule has 0 saturated heterocycles. The molecular weight excluding hydrogens is 402 g/mol. The average molecular weight is 424 g/mol. The lowest BCUT2D eigenvalue weighted by Crippen LogP contribution is -2.28. The Kier molecular flexibility index (Phi) is 5.22. The van der Waals surface area contributed by atoms with Crippen LogP contribution in [0.3, 0.4) is 0 Å². The highest BCUT2D eigenvalue weighted by atomic mass is 35.5. The summed E-state index contributed by atoms with van der Waals surface area (Å²) >= 11 is 6.25. The number of hydrogen-bond acceptors (Lipinski definition) is 4. The first-order valence-electron chi connectivity index (χ1n) is 9.57. The number of anilines is 3. The van der Waals surface area contributed by atoms with Crippen LogP contribution in [0.1, 0.15) is 24.1 Å². The van der Waals surface area contributed by atoms with E-state index in [1.54, 1.807) is 28.8 Å². The van der Waals surface area contributed by atoms with Gasteiger partial charge in [-0.2, -0.15) is 5.10 Å². The fraction of sp³-hybridized carbons (Fsp3) is 0.227. The number of nitrogens with two attached hydrogens (primary N) is 1. The zero-order valence-corrected chi connectivity index (χ0v) is 17.5. The first-order valence-corrected chi connectivity index (χ1v) is 10.1. The fourth-order valence-corrected chi connectivity index (χ4v) is 4.19. The highest BCUT2D eigenvalue weighted by molar-refractivity contribution is 6.19. The first kappa shape index (κ1) is 20.0. The first-order chi connectivity index (χ1) is 14.4. The van der Waals surface area contributed by atoms with Crippen molar-refractivity contribution in [3.63, 3.8) is 0 Å². The van der Waals surface area contributed by atoms with Crippen molar-refractivity contribution in [3.8, 4) is 0 Å². The number of rotatable bonds is 4. The van der Waals surface area contributed by atoms with E-state index < -0.39 is 0 Å². The van der Waals surface area contributed by atoms with Crippen LogP contribution in [0.15, 0.2) is 42.5 Å². The van der Waals surface area contributed by atoms with Gasteiger partial charge in [-0.15, -0.1) is 11.6 Å². The van der Waals surface area contributed by atoms with Gasteiger partial charge in [0.2, 0.25) is 5.91 Å². The third-order valence-electron chi connectivity index (χ3n) is 5.27. The van der Waals surface area contributed by atoms with E-state index in [-0.39, 0.29) is 17.7 Å². The van der Waals surface area contributed by atoms with E-state index in [0.29, 0.717) is 29.6 Å². The van der Waals surface area contributed by atoms with Crippen LogP contribution in [-0.4, -0.2) is 34.0 Å². The highest BCUT2D eigenvalue weighted by Gasteiger charge is 2.33. The minimum Gasteiger partial charge on any atom is -0.398 e. The molecule has 0 radical (unpaired) electrons. The van der Waals surface area contributed by atoms with Crippen molar-refractivity contribution < 1.29 is 9.59 Å². The van der Waals surface area contributed by atoms with E-state index >= 15 is 0 Å². The number of carbonyl (C=O) groups excluding carboxylic acids is 2. The van der Waals surface area contributed by atoms with Gasteiger partial charge >= 0.3 is 0 Å². The molecule has 30 heavy (non-hydrogen) atoms. The standard InChI is InChI=1S/C22H22ClN5O2/c1-13(29)25-20-9-15(27(2)26-20)7-8-21(30)28-12-14(11-23)22-17-6-4-3-5-16(17)18(24)10-19(22)28/h3-10,14H,11-12,24H2,1-2H3,(H,25,26,29). The molecule has 1 atom stereocenters. The van der Waals surface area contributed by atoms with Gasteiger partial charge in [0.15, 0.2) is 5.82 Å². The minimum atomic E-state index is -0.203. The van der Waals surface area contributed by atoms with Crippen molar-refractivity contribution in [1.82, 2.24) is 9.78 Å². The number of nitrogens with zero attached hydrogens (tertiary/aromatic N) is 3. The molecule has 4 rings (SSSR count). The van der Waals surface area contributed by atoms with Crippen molar-refractivity contribution in [2.45, 2.75) is 12.8 Å². The lowest BCUT2D eigenvalue weighted by Gasteiger charge is -2.16. The number of hydrogen-bond donors (Lipinski definition) is 2. The summed E-state index contributed by atoms with van der Waals surface area (Å²) in [4.78, 5) is 26.0. The van der Waals surface area contributed by atoms with Crippen molar-refractivity contribution in [1.29, 1.82) is 0 Å². The Balaban J connectivity index is 1.66. The van der Waals surface area contributed by atoms with Gasteiger partial charge in [0.05, 0.1) is 11.4 Å². The third kappa shape index (κ3) is 3.52.